The Morgan fingerprint density at radius 3 is 1.22 bits per heavy atom. The van der Waals surface area contributed by atoms with E-state index in [1.165, 1.54) is 0 Å². The number of nitrogens with two attached hydrogens (primary N) is 1. The Bertz CT molecular complexity index is 288. The van der Waals surface area contributed by atoms with E-state index in [1.807, 2.05) is 0 Å². The van der Waals surface area contributed by atoms with E-state index in [4.69, 9.17) is 24.7 Å². The maximum Gasteiger partial charge on any atom is 0.183 e. The molecule has 0 amide bonds. The van der Waals surface area contributed by atoms with Gasteiger partial charge in [-0.05, 0) is 18.2 Å². The summed E-state index contributed by atoms with van der Waals surface area (Å²) in [6.07, 6.45) is 1.59. The lowest BCUT2D eigenvalue weighted by Crippen LogP contribution is -2.54. The molecule has 4 atom stereocenters. The van der Waals surface area contributed by atoms with Gasteiger partial charge in [0.1, 0.15) is 0 Å². The highest BCUT2D eigenvalue weighted by Crippen LogP contribution is 2.49. The molecule has 0 radical (unpaired) electrons. The molecule has 0 aliphatic rings. The van der Waals surface area contributed by atoms with Gasteiger partial charge >= 0.3 is 0 Å². The Labute approximate surface area is 146 Å². The zero-order chi connectivity index (χ0) is 18.3. The Morgan fingerprint density at radius 2 is 1.04 bits per heavy atom. The molecule has 0 rings (SSSR count). The first-order valence-corrected chi connectivity index (χ1v) is 10.3. The molecule has 23 heavy (non-hydrogen) atoms. The number of rotatable bonds is 12. The summed E-state index contributed by atoms with van der Waals surface area (Å²) in [6.45, 7) is 10.6. The Kier molecular flexibility index (Phi) is 10.3. The fourth-order valence-electron chi connectivity index (χ4n) is 2.53. The van der Waals surface area contributed by atoms with Crippen LogP contribution in [0.3, 0.4) is 0 Å². The van der Waals surface area contributed by atoms with Crippen molar-refractivity contribution in [3.63, 3.8) is 0 Å². The molecule has 0 fully saturated rings. The molecule has 0 aliphatic heterocycles. The minimum atomic E-state index is -0.548. The maximum absolute atomic E-state index is 6.74. The lowest BCUT2D eigenvalue weighted by molar-refractivity contribution is -0.139. The van der Waals surface area contributed by atoms with E-state index in [0.717, 1.165) is 12.8 Å². The van der Waals surface area contributed by atoms with Crippen LogP contribution in [0, 0.1) is 0 Å². The van der Waals surface area contributed by atoms with Crippen LogP contribution in [0.15, 0.2) is 0 Å². The van der Waals surface area contributed by atoms with E-state index in [-0.39, 0.29) is 16.9 Å². The van der Waals surface area contributed by atoms with Gasteiger partial charge in [0.2, 0.25) is 0 Å². The van der Waals surface area contributed by atoms with Gasteiger partial charge in [-0.1, -0.05) is 44.9 Å². The maximum atomic E-state index is 6.74. The largest absolute Gasteiger partial charge is 0.350 e. The van der Waals surface area contributed by atoms with Crippen molar-refractivity contribution in [2.75, 3.05) is 28.4 Å². The third-order valence-electron chi connectivity index (χ3n) is 4.99. The summed E-state index contributed by atoms with van der Waals surface area (Å²) in [5.74, 6) is 0. The Morgan fingerprint density at radius 1 is 0.783 bits per heavy atom. The molecule has 7 heteroatoms. The van der Waals surface area contributed by atoms with Crippen molar-refractivity contribution < 1.29 is 18.9 Å². The summed E-state index contributed by atoms with van der Waals surface area (Å²) in [5.41, 5.74) is 5.76. The zero-order valence-corrected chi connectivity index (χ0v) is 18.3. The second-order valence-electron chi connectivity index (χ2n) is 6.13. The standard InChI is InChI=1S/C16H37NO4P2/c1-10-15(18-6,19-7)22-12(3)14(5,17)13(4)23-16(11-2,20-8)21-9/h12-13,22-23H,10-11,17H2,1-9H3. The second kappa shape index (κ2) is 9.97. The average molecular weight is 369 g/mol. The third-order valence-corrected chi connectivity index (χ3v) is 9.50. The fraction of sp³-hybridized carbons (Fsp3) is 1.00. The molecular formula is C16H37NO4P2. The highest BCUT2D eigenvalue weighted by molar-refractivity contribution is 7.41. The predicted molar refractivity (Wildman–Crippen MR) is 102 cm³/mol. The van der Waals surface area contributed by atoms with E-state index in [9.17, 15) is 0 Å². The van der Waals surface area contributed by atoms with Crippen LogP contribution in [0.2, 0.25) is 0 Å². The van der Waals surface area contributed by atoms with Crippen LogP contribution in [0.25, 0.3) is 0 Å². The zero-order valence-electron chi connectivity index (χ0n) is 16.3. The summed E-state index contributed by atoms with van der Waals surface area (Å²) >= 11 is 0. The second-order valence-corrected chi connectivity index (χ2v) is 9.96. The lowest BCUT2D eigenvalue weighted by atomic mass is 9.96. The molecule has 2 N–H and O–H groups in total. The van der Waals surface area contributed by atoms with Gasteiger partial charge in [-0.15, -0.1) is 0 Å². The SMILES string of the molecule is CCC(OC)(OC)PC(C)C(C)(N)C(C)PC(CC)(OC)OC. The molecule has 0 aromatic carbocycles. The highest BCUT2D eigenvalue weighted by atomic mass is 31.1. The molecule has 0 bridgehead atoms. The first-order chi connectivity index (χ1) is 10.6. The van der Waals surface area contributed by atoms with Crippen LogP contribution in [0.1, 0.15) is 47.5 Å². The van der Waals surface area contributed by atoms with Crippen molar-refractivity contribution in [1.82, 2.24) is 0 Å². The van der Waals surface area contributed by atoms with E-state index in [0.29, 0.717) is 17.2 Å². The molecule has 0 aliphatic carbocycles. The number of methoxy groups -OCH3 is 4. The molecular weight excluding hydrogens is 332 g/mol. The smallest absolute Gasteiger partial charge is 0.183 e. The molecule has 0 heterocycles. The molecule has 0 saturated heterocycles. The first kappa shape index (κ1) is 23.7. The minimum Gasteiger partial charge on any atom is -0.350 e. The molecule has 0 spiro atoms. The van der Waals surface area contributed by atoms with Gasteiger partial charge in [0, 0.05) is 46.8 Å². The topological polar surface area (TPSA) is 62.9 Å². The van der Waals surface area contributed by atoms with Gasteiger partial charge in [0.05, 0.1) is 0 Å². The summed E-state index contributed by atoms with van der Waals surface area (Å²) in [7, 11) is 7.70. The van der Waals surface area contributed by atoms with E-state index in [1.54, 1.807) is 28.4 Å². The van der Waals surface area contributed by atoms with Crippen molar-refractivity contribution in [3.8, 4) is 0 Å². The number of hydrogen-bond donors (Lipinski definition) is 1. The molecule has 0 aromatic heterocycles. The first-order valence-electron chi connectivity index (χ1n) is 8.17. The van der Waals surface area contributed by atoms with Crippen molar-refractivity contribution in [2.45, 2.75) is 75.4 Å². The average Bonchev–Trinajstić information content (AvgIpc) is 2.57. The highest BCUT2D eigenvalue weighted by Gasteiger charge is 2.42. The van der Waals surface area contributed by atoms with Gasteiger partial charge in [-0.25, -0.2) is 0 Å². The van der Waals surface area contributed by atoms with Crippen molar-refractivity contribution in [2.24, 2.45) is 5.73 Å². The van der Waals surface area contributed by atoms with Crippen molar-refractivity contribution >= 4 is 17.2 Å². The van der Waals surface area contributed by atoms with E-state index >= 15 is 0 Å². The van der Waals surface area contributed by atoms with Gasteiger partial charge in [-0.3, -0.25) is 0 Å². The summed E-state index contributed by atoms with van der Waals surface area (Å²) in [5, 5.41) is 0. The normalized spacial score (nSPS) is 19.6. The molecule has 5 nitrogen and oxygen atoms in total. The van der Waals surface area contributed by atoms with E-state index < -0.39 is 11.1 Å². The molecule has 4 unspecified atom stereocenters. The van der Waals surface area contributed by atoms with Gasteiger partial charge in [-0.2, -0.15) is 0 Å². The number of hydrogen-bond acceptors (Lipinski definition) is 5. The van der Waals surface area contributed by atoms with Crippen LogP contribution in [-0.4, -0.2) is 56.4 Å². The van der Waals surface area contributed by atoms with Crippen molar-refractivity contribution in [3.05, 3.63) is 0 Å². The third kappa shape index (κ3) is 5.85. The van der Waals surface area contributed by atoms with Crippen LogP contribution in [0.5, 0.6) is 0 Å². The van der Waals surface area contributed by atoms with Gasteiger partial charge in [0.15, 0.2) is 11.1 Å². The number of ether oxygens (including phenoxy) is 4. The van der Waals surface area contributed by atoms with Crippen LogP contribution in [-0.2, 0) is 18.9 Å². The molecule has 140 valence electrons. The molecule has 0 saturated carbocycles. The Hall–Kier alpha value is 0.660. The van der Waals surface area contributed by atoms with Crippen LogP contribution in [0.4, 0.5) is 0 Å². The monoisotopic (exact) mass is 369 g/mol. The summed E-state index contributed by atoms with van der Waals surface area (Å²) < 4.78 is 22.5. The van der Waals surface area contributed by atoms with E-state index in [2.05, 4.69) is 34.6 Å². The summed E-state index contributed by atoms with van der Waals surface area (Å²) in [6, 6.07) is 0. The minimum absolute atomic E-state index is 0.244. The molecule has 0 aromatic rings. The quantitative estimate of drug-likeness (QED) is 0.421. The predicted octanol–water partition coefficient (Wildman–Crippen LogP) is 3.55. The Balaban J connectivity index is 5.14. The van der Waals surface area contributed by atoms with Gasteiger partial charge in [0.25, 0.3) is 0 Å². The summed E-state index contributed by atoms with van der Waals surface area (Å²) in [4.78, 5) is 0. The lowest BCUT2D eigenvalue weighted by Gasteiger charge is -2.44. The van der Waals surface area contributed by atoms with Crippen molar-refractivity contribution in [1.29, 1.82) is 0 Å². The van der Waals surface area contributed by atoms with Gasteiger partial charge < -0.3 is 24.7 Å². The van der Waals surface area contributed by atoms with Crippen LogP contribution < -0.4 is 5.73 Å². The van der Waals surface area contributed by atoms with Crippen LogP contribution >= 0.6 is 17.2 Å². The fourth-order valence-corrected chi connectivity index (χ4v) is 6.02.